The number of hydrogen-bond donors (Lipinski definition) is 2. The molecule has 3 N–H and O–H groups in total. The van der Waals surface area contributed by atoms with Crippen LogP contribution in [0.4, 0.5) is 0 Å². The number of hydrogen-bond acceptors (Lipinski definition) is 3. The van der Waals surface area contributed by atoms with Crippen molar-refractivity contribution in [3.63, 3.8) is 0 Å². The Labute approximate surface area is 104 Å². The first kappa shape index (κ1) is 11.8. The maximum Gasteiger partial charge on any atom is 0.251 e. The lowest BCUT2D eigenvalue weighted by molar-refractivity contribution is 0.0951. The Bertz CT molecular complexity index is 477. The van der Waals surface area contributed by atoms with Crippen LogP contribution in [0.3, 0.4) is 0 Å². The van der Waals surface area contributed by atoms with E-state index in [4.69, 9.17) is 5.73 Å². The highest BCUT2D eigenvalue weighted by atomic mass is 32.1. The number of carbonyl (C=O) groups excluding carboxylic acids is 1. The van der Waals surface area contributed by atoms with E-state index in [1.165, 1.54) is 0 Å². The van der Waals surface area contributed by atoms with Gasteiger partial charge in [0.05, 0.1) is 6.54 Å². The molecule has 0 bridgehead atoms. The molecule has 2 aromatic rings. The molecule has 0 fully saturated rings. The van der Waals surface area contributed by atoms with Crippen LogP contribution >= 0.6 is 11.3 Å². The van der Waals surface area contributed by atoms with Crippen molar-refractivity contribution in [3.05, 3.63) is 57.8 Å². The molecule has 0 saturated carbocycles. The van der Waals surface area contributed by atoms with Gasteiger partial charge in [-0.3, -0.25) is 4.79 Å². The third kappa shape index (κ3) is 3.15. The summed E-state index contributed by atoms with van der Waals surface area (Å²) in [5, 5.41) is 4.88. The van der Waals surface area contributed by atoms with E-state index >= 15 is 0 Å². The van der Waals surface area contributed by atoms with Crippen molar-refractivity contribution in [1.29, 1.82) is 0 Å². The zero-order chi connectivity index (χ0) is 12.1. The minimum Gasteiger partial charge on any atom is -0.347 e. The van der Waals surface area contributed by atoms with Crippen LogP contribution in [0.25, 0.3) is 0 Å². The van der Waals surface area contributed by atoms with E-state index in [1.54, 1.807) is 23.5 Å². The van der Waals surface area contributed by atoms with E-state index in [0.29, 0.717) is 18.7 Å². The second kappa shape index (κ2) is 5.61. The summed E-state index contributed by atoms with van der Waals surface area (Å²) in [7, 11) is 0. The van der Waals surface area contributed by atoms with Gasteiger partial charge in [0, 0.05) is 17.0 Å². The normalized spacial score (nSPS) is 10.2. The lowest BCUT2D eigenvalue weighted by Gasteiger charge is -2.04. The van der Waals surface area contributed by atoms with Crippen LogP contribution in [0, 0.1) is 0 Å². The van der Waals surface area contributed by atoms with Crippen LogP contribution in [0.2, 0.25) is 0 Å². The standard InChI is InChI=1S/C13H14N2OS/c14-8-10-3-5-11(6-4-10)13(16)15-9-12-2-1-7-17-12/h1-7H,8-9,14H2,(H,15,16). The Kier molecular flexibility index (Phi) is 3.90. The Balaban J connectivity index is 1.95. The fourth-order valence-corrected chi connectivity index (χ4v) is 2.12. The van der Waals surface area contributed by atoms with Gasteiger partial charge in [-0.15, -0.1) is 11.3 Å². The first-order chi connectivity index (χ1) is 8.29. The molecule has 0 atom stereocenters. The van der Waals surface area contributed by atoms with Crippen LogP contribution in [0.1, 0.15) is 20.8 Å². The molecular formula is C13H14N2OS. The van der Waals surface area contributed by atoms with Gasteiger partial charge in [0.15, 0.2) is 0 Å². The van der Waals surface area contributed by atoms with Gasteiger partial charge < -0.3 is 11.1 Å². The van der Waals surface area contributed by atoms with Gasteiger partial charge in [0.2, 0.25) is 0 Å². The number of thiophene rings is 1. The van der Waals surface area contributed by atoms with Crippen molar-refractivity contribution in [2.45, 2.75) is 13.1 Å². The molecule has 0 aliphatic carbocycles. The second-order valence-corrected chi connectivity index (χ2v) is 4.70. The van der Waals surface area contributed by atoms with Crippen molar-refractivity contribution in [2.24, 2.45) is 5.73 Å². The average molecular weight is 246 g/mol. The van der Waals surface area contributed by atoms with Gasteiger partial charge in [-0.25, -0.2) is 0 Å². The SMILES string of the molecule is NCc1ccc(C(=O)NCc2cccs2)cc1. The van der Waals surface area contributed by atoms with Crippen molar-refractivity contribution >= 4 is 17.2 Å². The summed E-state index contributed by atoms with van der Waals surface area (Å²) in [5.41, 5.74) is 7.19. The van der Waals surface area contributed by atoms with Gasteiger partial charge >= 0.3 is 0 Å². The van der Waals surface area contributed by atoms with E-state index in [2.05, 4.69) is 5.32 Å². The van der Waals surface area contributed by atoms with Gasteiger partial charge in [0.1, 0.15) is 0 Å². The Morgan fingerprint density at radius 3 is 2.59 bits per heavy atom. The molecule has 0 spiro atoms. The molecule has 1 amide bonds. The first-order valence-electron chi connectivity index (χ1n) is 5.39. The van der Waals surface area contributed by atoms with Gasteiger partial charge in [0.25, 0.3) is 5.91 Å². The predicted octanol–water partition coefficient (Wildman–Crippen LogP) is 2.14. The summed E-state index contributed by atoms with van der Waals surface area (Å²) in [6.07, 6.45) is 0. The molecule has 0 aliphatic heterocycles. The van der Waals surface area contributed by atoms with Crippen LogP contribution in [-0.2, 0) is 13.1 Å². The van der Waals surface area contributed by atoms with Gasteiger partial charge in [-0.2, -0.15) is 0 Å². The maximum atomic E-state index is 11.8. The number of amides is 1. The smallest absolute Gasteiger partial charge is 0.251 e. The summed E-state index contributed by atoms with van der Waals surface area (Å²) in [6.45, 7) is 1.08. The Morgan fingerprint density at radius 1 is 1.24 bits per heavy atom. The highest BCUT2D eigenvalue weighted by molar-refractivity contribution is 7.09. The van der Waals surface area contributed by atoms with E-state index < -0.39 is 0 Å². The quantitative estimate of drug-likeness (QED) is 0.868. The summed E-state index contributed by atoms with van der Waals surface area (Å²) < 4.78 is 0. The van der Waals surface area contributed by atoms with Crippen LogP contribution in [0.15, 0.2) is 41.8 Å². The number of carbonyl (C=O) groups is 1. The van der Waals surface area contributed by atoms with Crippen molar-refractivity contribution in [2.75, 3.05) is 0 Å². The molecule has 4 heteroatoms. The van der Waals surface area contributed by atoms with Crippen molar-refractivity contribution in [1.82, 2.24) is 5.32 Å². The highest BCUT2D eigenvalue weighted by Gasteiger charge is 2.04. The fourth-order valence-electron chi connectivity index (χ4n) is 1.47. The van der Waals surface area contributed by atoms with E-state index in [1.807, 2.05) is 29.6 Å². The molecule has 0 radical (unpaired) electrons. The molecule has 2 rings (SSSR count). The molecule has 0 saturated heterocycles. The molecule has 3 nitrogen and oxygen atoms in total. The number of nitrogens with two attached hydrogens (primary N) is 1. The second-order valence-electron chi connectivity index (χ2n) is 3.66. The number of nitrogens with one attached hydrogen (secondary N) is 1. The number of rotatable bonds is 4. The molecule has 1 aromatic heterocycles. The number of benzene rings is 1. The highest BCUT2D eigenvalue weighted by Crippen LogP contribution is 2.08. The van der Waals surface area contributed by atoms with Gasteiger partial charge in [-0.05, 0) is 29.1 Å². The zero-order valence-corrected chi connectivity index (χ0v) is 10.2. The van der Waals surface area contributed by atoms with Crippen molar-refractivity contribution < 1.29 is 4.79 Å². The molecule has 1 aromatic carbocycles. The summed E-state index contributed by atoms with van der Waals surface area (Å²) in [6, 6.07) is 11.3. The summed E-state index contributed by atoms with van der Waals surface area (Å²) in [5.74, 6) is -0.0537. The average Bonchev–Trinajstić information content (AvgIpc) is 2.89. The summed E-state index contributed by atoms with van der Waals surface area (Å²) in [4.78, 5) is 13.0. The van der Waals surface area contributed by atoms with Crippen LogP contribution in [0.5, 0.6) is 0 Å². The maximum absolute atomic E-state index is 11.8. The largest absolute Gasteiger partial charge is 0.347 e. The van der Waals surface area contributed by atoms with E-state index in [9.17, 15) is 4.79 Å². The molecular weight excluding hydrogens is 232 g/mol. The minimum atomic E-state index is -0.0537. The minimum absolute atomic E-state index is 0.0537. The molecule has 17 heavy (non-hydrogen) atoms. The van der Waals surface area contributed by atoms with Crippen LogP contribution < -0.4 is 11.1 Å². The van der Waals surface area contributed by atoms with Gasteiger partial charge in [-0.1, -0.05) is 18.2 Å². The lowest BCUT2D eigenvalue weighted by Crippen LogP contribution is -2.22. The molecule has 88 valence electrons. The third-order valence-corrected chi connectivity index (χ3v) is 3.33. The lowest BCUT2D eigenvalue weighted by atomic mass is 10.1. The Hall–Kier alpha value is -1.65. The monoisotopic (exact) mass is 246 g/mol. The van der Waals surface area contributed by atoms with Crippen molar-refractivity contribution in [3.8, 4) is 0 Å². The predicted molar refractivity (Wildman–Crippen MR) is 69.8 cm³/mol. The zero-order valence-electron chi connectivity index (χ0n) is 9.35. The molecule has 1 heterocycles. The summed E-state index contributed by atoms with van der Waals surface area (Å²) >= 11 is 1.63. The first-order valence-corrected chi connectivity index (χ1v) is 6.27. The topological polar surface area (TPSA) is 55.1 Å². The Morgan fingerprint density at radius 2 is 2.00 bits per heavy atom. The van der Waals surface area contributed by atoms with Crippen LogP contribution in [-0.4, -0.2) is 5.91 Å². The van der Waals surface area contributed by atoms with E-state index in [-0.39, 0.29) is 5.91 Å². The fraction of sp³-hybridized carbons (Fsp3) is 0.154. The molecule has 0 aliphatic rings. The van der Waals surface area contributed by atoms with E-state index in [0.717, 1.165) is 10.4 Å². The molecule has 0 unspecified atom stereocenters. The third-order valence-electron chi connectivity index (χ3n) is 2.46.